The van der Waals surface area contributed by atoms with Crippen molar-refractivity contribution in [1.29, 1.82) is 0 Å². The monoisotopic (exact) mass is 368 g/mol. The van der Waals surface area contributed by atoms with Crippen LogP contribution in [0.1, 0.15) is 31.6 Å². The largest absolute Gasteiger partial charge is 0.446 e. The highest BCUT2D eigenvalue weighted by atomic mass is 32.1. The van der Waals surface area contributed by atoms with Crippen LogP contribution in [-0.2, 0) is 11.3 Å². The molecule has 7 nitrogen and oxygen atoms in total. The minimum Gasteiger partial charge on any atom is -0.446 e. The van der Waals surface area contributed by atoms with Gasteiger partial charge >= 0.3 is 6.09 Å². The van der Waals surface area contributed by atoms with E-state index in [4.69, 9.17) is 9.84 Å². The summed E-state index contributed by atoms with van der Waals surface area (Å²) in [6.45, 7) is 9.41. The fourth-order valence-corrected chi connectivity index (χ4v) is 4.14. The molecule has 2 saturated heterocycles. The van der Waals surface area contributed by atoms with E-state index in [2.05, 4.69) is 28.6 Å². The van der Waals surface area contributed by atoms with E-state index >= 15 is 0 Å². The number of ether oxygens (including phenoxy) is 1. The van der Waals surface area contributed by atoms with Crippen LogP contribution in [0, 0.1) is 0 Å². The van der Waals surface area contributed by atoms with Crippen molar-refractivity contribution in [3.05, 3.63) is 11.1 Å². The predicted octanol–water partition coefficient (Wildman–Crippen LogP) is 1.77. The van der Waals surface area contributed by atoms with Gasteiger partial charge in [0, 0.05) is 64.3 Å². The molecule has 2 aliphatic rings. The number of anilines is 1. The summed E-state index contributed by atoms with van der Waals surface area (Å²) in [5, 5.41) is 10.1. The lowest BCUT2D eigenvalue weighted by molar-refractivity contribution is 0.0338. The summed E-state index contributed by atoms with van der Waals surface area (Å²) >= 11 is 1.52. The third-order valence-corrected chi connectivity index (χ3v) is 6.02. The number of piperidine rings is 1. The van der Waals surface area contributed by atoms with Crippen molar-refractivity contribution in [3.8, 4) is 0 Å². The van der Waals surface area contributed by atoms with E-state index in [9.17, 15) is 4.79 Å². The third-order valence-electron chi connectivity index (χ3n) is 4.98. The SMILES string of the molecule is CC(C)N1CCN(C(=O)OC2CCN(c3ncc(CO)s3)CC2)CC1. The first-order valence-corrected chi connectivity index (χ1v) is 9.88. The average molecular weight is 369 g/mol. The van der Waals surface area contributed by atoms with Gasteiger partial charge < -0.3 is 19.6 Å². The lowest BCUT2D eigenvalue weighted by Gasteiger charge is -2.37. The number of thiazole rings is 1. The van der Waals surface area contributed by atoms with Gasteiger partial charge in [-0.2, -0.15) is 0 Å². The maximum absolute atomic E-state index is 12.4. The molecule has 8 heteroatoms. The number of nitrogens with zero attached hydrogens (tertiary/aromatic N) is 4. The standard InChI is InChI=1S/C17H28N4O3S/c1-13(2)19-7-9-21(10-8-19)17(23)24-14-3-5-20(6-4-14)16-18-11-15(12-22)25-16/h11,13-14,22H,3-10,12H2,1-2H3. The molecule has 140 valence electrons. The Kier molecular flexibility index (Phi) is 6.14. The topological polar surface area (TPSA) is 69.1 Å². The van der Waals surface area contributed by atoms with Gasteiger partial charge in [0.1, 0.15) is 6.10 Å². The molecular formula is C17H28N4O3S. The maximum Gasteiger partial charge on any atom is 0.410 e. The molecule has 25 heavy (non-hydrogen) atoms. The summed E-state index contributed by atoms with van der Waals surface area (Å²) in [7, 11) is 0. The molecule has 1 aromatic heterocycles. The normalized spacial score (nSPS) is 20.3. The maximum atomic E-state index is 12.4. The lowest BCUT2D eigenvalue weighted by atomic mass is 10.1. The second-order valence-electron chi connectivity index (χ2n) is 6.95. The van der Waals surface area contributed by atoms with Crippen molar-refractivity contribution in [1.82, 2.24) is 14.8 Å². The smallest absolute Gasteiger partial charge is 0.410 e. The van der Waals surface area contributed by atoms with Crippen LogP contribution in [0.3, 0.4) is 0 Å². The van der Waals surface area contributed by atoms with E-state index in [0.29, 0.717) is 6.04 Å². The Morgan fingerprint density at radius 2 is 1.96 bits per heavy atom. The van der Waals surface area contributed by atoms with Crippen molar-refractivity contribution >= 4 is 22.6 Å². The number of aromatic nitrogens is 1. The predicted molar refractivity (Wildman–Crippen MR) is 98.0 cm³/mol. The first-order valence-electron chi connectivity index (χ1n) is 9.07. The molecule has 2 fully saturated rings. The summed E-state index contributed by atoms with van der Waals surface area (Å²) in [6.07, 6.45) is 3.20. The van der Waals surface area contributed by atoms with Crippen molar-refractivity contribution in [3.63, 3.8) is 0 Å². The highest BCUT2D eigenvalue weighted by molar-refractivity contribution is 7.15. The number of rotatable bonds is 4. The molecule has 3 heterocycles. The molecule has 1 amide bonds. The Hall–Kier alpha value is -1.38. The van der Waals surface area contributed by atoms with Gasteiger partial charge in [0.15, 0.2) is 5.13 Å². The van der Waals surface area contributed by atoms with Gasteiger partial charge in [-0.05, 0) is 13.8 Å². The highest BCUT2D eigenvalue weighted by Gasteiger charge is 2.28. The van der Waals surface area contributed by atoms with Gasteiger partial charge in [-0.3, -0.25) is 4.90 Å². The lowest BCUT2D eigenvalue weighted by Crippen LogP contribution is -2.51. The Balaban J connectivity index is 1.42. The Bertz CT molecular complexity index is 564. The molecule has 0 aliphatic carbocycles. The fraction of sp³-hybridized carbons (Fsp3) is 0.765. The number of hydrogen-bond acceptors (Lipinski definition) is 7. The van der Waals surface area contributed by atoms with Crippen LogP contribution in [0.5, 0.6) is 0 Å². The highest BCUT2D eigenvalue weighted by Crippen LogP contribution is 2.26. The van der Waals surface area contributed by atoms with Gasteiger partial charge in [0.2, 0.25) is 0 Å². The summed E-state index contributed by atoms with van der Waals surface area (Å²) in [6, 6.07) is 0.528. The van der Waals surface area contributed by atoms with E-state index in [0.717, 1.165) is 62.1 Å². The molecule has 0 spiro atoms. The number of carbonyl (C=O) groups is 1. The molecule has 1 N–H and O–H groups in total. The van der Waals surface area contributed by atoms with Crippen LogP contribution in [0.2, 0.25) is 0 Å². The third kappa shape index (κ3) is 4.62. The molecule has 0 unspecified atom stereocenters. The minimum atomic E-state index is -0.168. The fourth-order valence-electron chi connectivity index (χ4n) is 3.32. The average Bonchev–Trinajstić information content (AvgIpc) is 3.11. The summed E-state index contributed by atoms with van der Waals surface area (Å²) in [5.41, 5.74) is 0. The second kappa shape index (κ2) is 8.33. The van der Waals surface area contributed by atoms with Gasteiger partial charge in [-0.25, -0.2) is 9.78 Å². The number of aliphatic hydroxyl groups excluding tert-OH is 1. The van der Waals surface area contributed by atoms with Gasteiger partial charge in [0.25, 0.3) is 0 Å². The molecule has 1 aromatic rings. The Labute approximate surface area is 153 Å². The second-order valence-corrected chi connectivity index (χ2v) is 8.05. The number of amides is 1. The number of hydrogen-bond donors (Lipinski definition) is 1. The van der Waals surface area contributed by atoms with E-state index in [1.807, 2.05) is 4.90 Å². The van der Waals surface area contributed by atoms with Crippen LogP contribution in [0.15, 0.2) is 6.20 Å². The van der Waals surface area contributed by atoms with Crippen molar-refractivity contribution in [2.45, 2.75) is 45.4 Å². The zero-order valence-corrected chi connectivity index (χ0v) is 15.9. The summed E-state index contributed by atoms with van der Waals surface area (Å²) < 4.78 is 5.72. The first-order chi connectivity index (χ1) is 12.1. The molecular weight excluding hydrogens is 340 g/mol. The Morgan fingerprint density at radius 1 is 1.28 bits per heavy atom. The van der Waals surface area contributed by atoms with Gasteiger partial charge in [0.05, 0.1) is 11.5 Å². The molecule has 0 aromatic carbocycles. The zero-order valence-electron chi connectivity index (χ0n) is 15.1. The number of aliphatic hydroxyl groups is 1. The molecule has 0 bridgehead atoms. The first kappa shape index (κ1) is 18.4. The van der Waals surface area contributed by atoms with Crippen molar-refractivity contribution in [2.75, 3.05) is 44.2 Å². The van der Waals surface area contributed by atoms with Crippen LogP contribution < -0.4 is 4.90 Å². The molecule has 3 rings (SSSR count). The van der Waals surface area contributed by atoms with Gasteiger partial charge in [-0.15, -0.1) is 0 Å². The van der Waals surface area contributed by atoms with Gasteiger partial charge in [-0.1, -0.05) is 11.3 Å². The number of piperazine rings is 1. The molecule has 0 atom stereocenters. The van der Waals surface area contributed by atoms with E-state index in [-0.39, 0.29) is 18.8 Å². The van der Waals surface area contributed by atoms with E-state index in [1.54, 1.807) is 6.20 Å². The van der Waals surface area contributed by atoms with Crippen LogP contribution in [0.25, 0.3) is 0 Å². The van der Waals surface area contributed by atoms with Crippen molar-refractivity contribution in [2.24, 2.45) is 0 Å². The Morgan fingerprint density at radius 3 is 2.52 bits per heavy atom. The quantitative estimate of drug-likeness (QED) is 0.873. The van der Waals surface area contributed by atoms with Crippen molar-refractivity contribution < 1.29 is 14.6 Å². The van der Waals surface area contributed by atoms with E-state index in [1.165, 1.54) is 11.3 Å². The minimum absolute atomic E-state index is 0.0100. The summed E-state index contributed by atoms with van der Waals surface area (Å²) in [5.74, 6) is 0. The molecule has 0 radical (unpaired) electrons. The summed E-state index contributed by atoms with van der Waals surface area (Å²) in [4.78, 5) is 24.0. The van der Waals surface area contributed by atoms with E-state index < -0.39 is 0 Å². The van der Waals surface area contributed by atoms with Crippen LogP contribution >= 0.6 is 11.3 Å². The molecule has 2 aliphatic heterocycles. The zero-order chi connectivity index (χ0) is 17.8. The van der Waals surface area contributed by atoms with Crippen LogP contribution in [0.4, 0.5) is 9.93 Å². The van der Waals surface area contributed by atoms with Crippen LogP contribution in [-0.4, -0.2) is 77.4 Å². The number of carbonyl (C=O) groups excluding carboxylic acids is 1. The molecule has 0 saturated carbocycles.